The Morgan fingerprint density at radius 1 is 0.771 bits per heavy atom. The first-order valence-electron chi connectivity index (χ1n) is 12.3. The summed E-state index contributed by atoms with van der Waals surface area (Å²) in [6, 6.07) is 31.6. The predicted molar refractivity (Wildman–Crippen MR) is 143 cm³/mol. The summed E-state index contributed by atoms with van der Waals surface area (Å²) in [5.74, 6) is -0.274. The molecule has 0 fully saturated rings. The fourth-order valence-electron chi connectivity index (χ4n) is 3.95. The number of hydrogen-bond acceptors (Lipinski definition) is 4. The Balaban J connectivity index is 0.00000100. The van der Waals surface area contributed by atoms with E-state index < -0.39 is 12.1 Å². The second-order valence-electron chi connectivity index (χ2n) is 9.27. The summed E-state index contributed by atoms with van der Waals surface area (Å²) in [6.07, 6.45) is 0.344. The SMILES string of the molecule is CC(=O)O.CC(C)CNC[C@@H](O)[C@H](Cc1ccccc1)N(Cc1ccccc1)Cc1ccccc1. The van der Waals surface area contributed by atoms with Gasteiger partial charge in [0.05, 0.1) is 6.10 Å². The molecular formula is C30H40N2O3. The molecule has 0 amide bonds. The Morgan fingerprint density at radius 3 is 1.57 bits per heavy atom. The lowest BCUT2D eigenvalue weighted by Crippen LogP contribution is -2.48. The lowest BCUT2D eigenvalue weighted by atomic mass is 9.97. The van der Waals surface area contributed by atoms with Gasteiger partial charge in [-0.2, -0.15) is 0 Å². The van der Waals surface area contributed by atoms with Crippen molar-refractivity contribution in [2.75, 3.05) is 13.1 Å². The second kappa shape index (κ2) is 15.8. The van der Waals surface area contributed by atoms with Crippen LogP contribution in [0.3, 0.4) is 0 Å². The lowest BCUT2D eigenvalue weighted by molar-refractivity contribution is -0.134. The fourth-order valence-corrected chi connectivity index (χ4v) is 3.95. The van der Waals surface area contributed by atoms with Crippen LogP contribution in [0.2, 0.25) is 0 Å². The highest BCUT2D eigenvalue weighted by Gasteiger charge is 2.27. The molecule has 2 atom stereocenters. The summed E-state index contributed by atoms with van der Waals surface area (Å²) in [5.41, 5.74) is 3.78. The number of aliphatic carboxylic acids is 1. The van der Waals surface area contributed by atoms with Crippen LogP contribution in [0.25, 0.3) is 0 Å². The van der Waals surface area contributed by atoms with E-state index in [-0.39, 0.29) is 6.04 Å². The van der Waals surface area contributed by atoms with E-state index in [9.17, 15) is 5.11 Å². The quantitative estimate of drug-likeness (QED) is 0.343. The van der Waals surface area contributed by atoms with E-state index in [4.69, 9.17) is 9.90 Å². The van der Waals surface area contributed by atoms with Crippen LogP contribution in [0, 0.1) is 5.92 Å². The van der Waals surface area contributed by atoms with Gasteiger partial charge in [0.15, 0.2) is 0 Å². The zero-order valence-electron chi connectivity index (χ0n) is 21.2. The van der Waals surface area contributed by atoms with Crippen LogP contribution in [0.15, 0.2) is 91.0 Å². The maximum Gasteiger partial charge on any atom is 0.300 e. The Bertz CT molecular complexity index is 904. The highest BCUT2D eigenvalue weighted by Crippen LogP contribution is 2.19. The maximum absolute atomic E-state index is 11.3. The fraction of sp³-hybridized carbons (Fsp3) is 0.367. The topological polar surface area (TPSA) is 72.8 Å². The molecular weight excluding hydrogens is 436 g/mol. The van der Waals surface area contributed by atoms with E-state index in [1.807, 2.05) is 6.07 Å². The zero-order chi connectivity index (χ0) is 25.5. The Labute approximate surface area is 210 Å². The van der Waals surface area contributed by atoms with Gasteiger partial charge < -0.3 is 15.5 Å². The number of benzene rings is 3. The standard InChI is InChI=1S/C28H36N2O.C2H4O2/c1-23(2)19-29-20-28(31)27(18-24-12-6-3-7-13-24)30(21-25-14-8-4-9-15-25)22-26-16-10-5-11-17-26;1-2(3)4/h3-17,23,27-29,31H,18-22H2,1-2H3;1H3,(H,3,4)/t27-,28+;/m0./s1. The van der Waals surface area contributed by atoms with Gasteiger partial charge in [-0.3, -0.25) is 9.69 Å². The highest BCUT2D eigenvalue weighted by atomic mass is 16.4. The molecule has 0 radical (unpaired) electrons. The molecule has 0 aromatic heterocycles. The molecule has 0 aliphatic heterocycles. The van der Waals surface area contributed by atoms with Crippen molar-refractivity contribution in [2.24, 2.45) is 5.92 Å². The molecule has 188 valence electrons. The minimum atomic E-state index is -0.833. The molecule has 0 spiro atoms. The number of carboxylic acids is 1. The summed E-state index contributed by atoms with van der Waals surface area (Å²) in [7, 11) is 0. The van der Waals surface area contributed by atoms with Crippen molar-refractivity contribution in [1.82, 2.24) is 10.2 Å². The third-order valence-electron chi connectivity index (χ3n) is 5.56. The molecule has 0 aliphatic rings. The molecule has 5 heteroatoms. The van der Waals surface area contributed by atoms with Gasteiger partial charge >= 0.3 is 0 Å². The number of nitrogens with one attached hydrogen (secondary N) is 1. The summed E-state index contributed by atoms with van der Waals surface area (Å²) in [6.45, 7) is 8.57. The highest BCUT2D eigenvalue weighted by molar-refractivity contribution is 5.62. The first kappa shape index (κ1) is 28.2. The van der Waals surface area contributed by atoms with Gasteiger partial charge in [-0.05, 0) is 35.6 Å². The van der Waals surface area contributed by atoms with Gasteiger partial charge in [-0.25, -0.2) is 0 Å². The molecule has 0 saturated heterocycles. The van der Waals surface area contributed by atoms with Gasteiger partial charge in [0.2, 0.25) is 0 Å². The Morgan fingerprint density at radius 2 is 1.17 bits per heavy atom. The molecule has 3 rings (SSSR count). The van der Waals surface area contributed by atoms with E-state index in [2.05, 4.69) is 109 Å². The third-order valence-corrected chi connectivity index (χ3v) is 5.56. The molecule has 0 aliphatic carbocycles. The van der Waals surface area contributed by atoms with Crippen LogP contribution in [0.1, 0.15) is 37.5 Å². The molecule has 3 aromatic carbocycles. The van der Waals surface area contributed by atoms with Gasteiger partial charge in [0.1, 0.15) is 0 Å². The lowest BCUT2D eigenvalue weighted by Gasteiger charge is -2.36. The van der Waals surface area contributed by atoms with Crippen LogP contribution in [0.5, 0.6) is 0 Å². The number of aliphatic hydroxyl groups excluding tert-OH is 1. The van der Waals surface area contributed by atoms with E-state index in [0.717, 1.165) is 33.0 Å². The van der Waals surface area contributed by atoms with Crippen molar-refractivity contribution in [3.8, 4) is 0 Å². The van der Waals surface area contributed by atoms with Crippen LogP contribution >= 0.6 is 0 Å². The minimum absolute atomic E-state index is 0.00229. The number of carbonyl (C=O) groups is 1. The van der Waals surface area contributed by atoms with Gasteiger partial charge in [0, 0.05) is 32.6 Å². The van der Waals surface area contributed by atoms with E-state index in [1.165, 1.54) is 16.7 Å². The van der Waals surface area contributed by atoms with Crippen molar-refractivity contribution in [1.29, 1.82) is 0 Å². The molecule has 5 nitrogen and oxygen atoms in total. The summed E-state index contributed by atoms with van der Waals surface area (Å²) < 4.78 is 0. The van der Waals surface area contributed by atoms with Crippen molar-refractivity contribution < 1.29 is 15.0 Å². The number of rotatable bonds is 12. The predicted octanol–water partition coefficient (Wildman–Crippen LogP) is 5.00. The maximum atomic E-state index is 11.3. The average Bonchev–Trinajstić information content (AvgIpc) is 2.83. The first-order valence-corrected chi connectivity index (χ1v) is 12.3. The molecule has 3 N–H and O–H groups in total. The van der Waals surface area contributed by atoms with Crippen molar-refractivity contribution in [3.63, 3.8) is 0 Å². The van der Waals surface area contributed by atoms with Crippen LogP contribution in [-0.4, -0.2) is 46.3 Å². The smallest absolute Gasteiger partial charge is 0.300 e. The molecule has 0 heterocycles. The summed E-state index contributed by atoms with van der Waals surface area (Å²) in [5, 5.41) is 22.2. The van der Waals surface area contributed by atoms with E-state index >= 15 is 0 Å². The summed E-state index contributed by atoms with van der Waals surface area (Å²) >= 11 is 0. The molecule has 0 bridgehead atoms. The Hall–Kier alpha value is -2.99. The third kappa shape index (κ3) is 11.8. The van der Waals surface area contributed by atoms with Gasteiger partial charge in [-0.1, -0.05) is 105 Å². The van der Waals surface area contributed by atoms with Crippen LogP contribution < -0.4 is 5.32 Å². The second-order valence-corrected chi connectivity index (χ2v) is 9.27. The van der Waals surface area contributed by atoms with Crippen molar-refractivity contribution in [3.05, 3.63) is 108 Å². The van der Waals surface area contributed by atoms with Crippen LogP contribution in [0.4, 0.5) is 0 Å². The Kier molecular flexibility index (Phi) is 12.8. The van der Waals surface area contributed by atoms with Gasteiger partial charge in [0.25, 0.3) is 5.97 Å². The number of aliphatic hydroxyl groups is 1. The summed E-state index contributed by atoms with van der Waals surface area (Å²) in [4.78, 5) is 11.4. The molecule has 0 saturated carbocycles. The van der Waals surface area contributed by atoms with Gasteiger partial charge in [-0.15, -0.1) is 0 Å². The number of carboxylic acid groups (broad SMARTS) is 1. The van der Waals surface area contributed by atoms with Crippen molar-refractivity contribution in [2.45, 2.75) is 52.4 Å². The number of nitrogens with zero attached hydrogens (tertiary/aromatic N) is 1. The number of hydrogen-bond donors (Lipinski definition) is 3. The monoisotopic (exact) mass is 476 g/mol. The largest absolute Gasteiger partial charge is 0.481 e. The van der Waals surface area contributed by atoms with E-state index in [0.29, 0.717) is 12.5 Å². The molecule has 0 unspecified atom stereocenters. The minimum Gasteiger partial charge on any atom is -0.481 e. The first-order chi connectivity index (χ1) is 16.8. The van der Waals surface area contributed by atoms with E-state index in [1.54, 1.807) is 0 Å². The average molecular weight is 477 g/mol. The normalized spacial score (nSPS) is 12.6. The molecule has 3 aromatic rings. The van der Waals surface area contributed by atoms with Crippen LogP contribution in [-0.2, 0) is 24.3 Å². The molecule has 35 heavy (non-hydrogen) atoms. The van der Waals surface area contributed by atoms with Crippen molar-refractivity contribution >= 4 is 5.97 Å². The zero-order valence-corrected chi connectivity index (χ0v) is 21.2.